The molecular formula is C22H26N4O5. The summed E-state index contributed by atoms with van der Waals surface area (Å²) in [6, 6.07) is 5.31. The molecule has 31 heavy (non-hydrogen) atoms. The van der Waals surface area contributed by atoms with Gasteiger partial charge in [-0.2, -0.15) is 0 Å². The Kier molecular flexibility index (Phi) is 4.64. The number of nitrogens with zero attached hydrogens (tertiary/aromatic N) is 2. The first-order valence-corrected chi connectivity index (χ1v) is 10.9. The number of nitrogens with one attached hydrogen (secondary N) is 2. The summed E-state index contributed by atoms with van der Waals surface area (Å²) >= 11 is 0. The fraction of sp³-hybridized carbons (Fsp3) is 0.545. The minimum absolute atomic E-state index is 0.169. The van der Waals surface area contributed by atoms with Crippen molar-refractivity contribution in [3.63, 3.8) is 0 Å². The molecule has 3 atom stereocenters. The summed E-state index contributed by atoms with van der Waals surface area (Å²) in [6.07, 6.45) is 5.21. The van der Waals surface area contributed by atoms with Crippen LogP contribution in [0.1, 0.15) is 49.7 Å². The third-order valence-electron chi connectivity index (χ3n) is 7.12. The van der Waals surface area contributed by atoms with Crippen LogP contribution in [0.15, 0.2) is 18.2 Å². The number of ether oxygens (including phenoxy) is 1. The number of aryl methyl sites for hydroxylation is 1. The van der Waals surface area contributed by atoms with Crippen molar-refractivity contribution in [3.8, 4) is 0 Å². The Morgan fingerprint density at radius 3 is 2.61 bits per heavy atom. The summed E-state index contributed by atoms with van der Waals surface area (Å²) in [5.74, 6) is -0.640. The maximum absolute atomic E-state index is 13.3. The highest BCUT2D eigenvalue weighted by atomic mass is 16.6. The number of carbonyl (C=O) groups excluding carboxylic acids is 4. The summed E-state index contributed by atoms with van der Waals surface area (Å²) in [4.78, 5) is 53.4. The first-order valence-electron chi connectivity index (χ1n) is 10.9. The Labute approximate surface area is 180 Å². The quantitative estimate of drug-likeness (QED) is 0.770. The molecule has 3 aliphatic heterocycles. The van der Waals surface area contributed by atoms with Crippen LogP contribution in [-0.4, -0.2) is 59.4 Å². The van der Waals surface area contributed by atoms with Crippen molar-refractivity contribution >= 4 is 29.6 Å². The maximum atomic E-state index is 13.3. The van der Waals surface area contributed by atoms with Crippen molar-refractivity contribution in [2.24, 2.45) is 0 Å². The fourth-order valence-electron chi connectivity index (χ4n) is 5.67. The van der Waals surface area contributed by atoms with E-state index in [2.05, 4.69) is 10.6 Å². The Balaban J connectivity index is 1.35. The van der Waals surface area contributed by atoms with Gasteiger partial charge < -0.3 is 20.3 Å². The van der Waals surface area contributed by atoms with E-state index in [1.54, 1.807) is 18.2 Å². The molecule has 1 aromatic carbocycles. The highest BCUT2D eigenvalue weighted by Gasteiger charge is 2.58. The summed E-state index contributed by atoms with van der Waals surface area (Å²) in [5, 5.41) is 5.19. The zero-order chi connectivity index (χ0) is 21.8. The lowest BCUT2D eigenvalue weighted by atomic mass is 9.94. The van der Waals surface area contributed by atoms with E-state index in [-0.39, 0.29) is 30.6 Å². The highest BCUT2D eigenvalue weighted by molar-refractivity contribution is 6.06. The average Bonchev–Trinajstić information content (AvgIpc) is 3.33. The molecule has 0 unspecified atom stereocenters. The first-order chi connectivity index (χ1) is 14.9. The summed E-state index contributed by atoms with van der Waals surface area (Å²) < 4.78 is 5.63. The van der Waals surface area contributed by atoms with E-state index in [0.29, 0.717) is 24.1 Å². The number of carbonyl (C=O) groups is 4. The number of anilines is 1. The van der Waals surface area contributed by atoms with E-state index in [1.807, 2.05) is 4.90 Å². The van der Waals surface area contributed by atoms with Crippen LogP contribution in [0, 0.1) is 0 Å². The van der Waals surface area contributed by atoms with Gasteiger partial charge in [0.15, 0.2) is 0 Å². The highest BCUT2D eigenvalue weighted by Crippen LogP contribution is 2.46. The molecule has 9 heteroatoms. The molecule has 0 aromatic heterocycles. The lowest BCUT2D eigenvalue weighted by molar-refractivity contribution is -0.143. The van der Waals surface area contributed by atoms with E-state index in [9.17, 15) is 19.2 Å². The zero-order valence-corrected chi connectivity index (χ0v) is 17.5. The number of hydrogen-bond acceptors (Lipinski definition) is 5. The van der Waals surface area contributed by atoms with Gasteiger partial charge in [-0.05, 0) is 56.2 Å². The van der Waals surface area contributed by atoms with E-state index >= 15 is 0 Å². The second kappa shape index (κ2) is 7.25. The Morgan fingerprint density at radius 1 is 1.16 bits per heavy atom. The van der Waals surface area contributed by atoms with Crippen molar-refractivity contribution in [2.45, 2.75) is 62.6 Å². The van der Waals surface area contributed by atoms with Crippen LogP contribution in [0.3, 0.4) is 0 Å². The molecule has 5 rings (SSSR count). The lowest BCUT2D eigenvalue weighted by Crippen LogP contribution is -2.50. The van der Waals surface area contributed by atoms with Crippen LogP contribution in [0.25, 0.3) is 0 Å². The van der Waals surface area contributed by atoms with Crippen LogP contribution >= 0.6 is 0 Å². The first kappa shape index (κ1) is 19.8. The zero-order valence-electron chi connectivity index (χ0n) is 17.5. The normalized spacial score (nSPS) is 28.7. The number of piperidine rings is 1. The van der Waals surface area contributed by atoms with Crippen molar-refractivity contribution in [1.29, 1.82) is 0 Å². The Hall–Kier alpha value is -3.10. The molecule has 9 nitrogen and oxygen atoms in total. The molecule has 3 heterocycles. The van der Waals surface area contributed by atoms with Crippen LogP contribution in [0.4, 0.5) is 15.3 Å². The van der Waals surface area contributed by atoms with Crippen molar-refractivity contribution in [2.75, 3.05) is 18.9 Å². The summed E-state index contributed by atoms with van der Waals surface area (Å²) in [6.45, 7) is -0.266. The number of urea groups is 1. The summed E-state index contributed by atoms with van der Waals surface area (Å²) in [5.41, 5.74) is 0.692. The molecule has 2 N–H and O–H groups in total. The second-order valence-corrected chi connectivity index (χ2v) is 8.78. The SMILES string of the molecule is CNC(=O)Nc1ccc2c(c1)CC[C@@]21OC(=O)N(CC(=O)N2[C@@H]3CCC[C@H]2CC3)C1=O. The van der Waals surface area contributed by atoms with Crippen LogP contribution in [0.2, 0.25) is 0 Å². The predicted octanol–water partition coefficient (Wildman–Crippen LogP) is 2.10. The van der Waals surface area contributed by atoms with Gasteiger partial charge in [-0.1, -0.05) is 6.07 Å². The van der Waals surface area contributed by atoms with Crippen LogP contribution in [-0.2, 0) is 26.3 Å². The van der Waals surface area contributed by atoms with Gasteiger partial charge in [0.2, 0.25) is 11.5 Å². The molecule has 1 aliphatic carbocycles. The lowest BCUT2D eigenvalue weighted by Gasteiger charge is -2.35. The van der Waals surface area contributed by atoms with Gasteiger partial charge >= 0.3 is 12.1 Å². The second-order valence-electron chi connectivity index (χ2n) is 8.78. The third kappa shape index (κ3) is 3.05. The minimum atomic E-state index is -1.38. The molecule has 0 saturated carbocycles. The van der Waals surface area contributed by atoms with E-state index in [1.165, 1.54) is 7.05 Å². The van der Waals surface area contributed by atoms with Crippen molar-refractivity contribution in [1.82, 2.24) is 15.1 Å². The molecule has 0 radical (unpaired) electrons. The molecule has 1 aromatic rings. The van der Waals surface area contributed by atoms with Crippen molar-refractivity contribution < 1.29 is 23.9 Å². The minimum Gasteiger partial charge on any atom is -0.427 e. The smallest absolute Gasteiger partial charge is 0.418 e. The molecule has 2 bridgehead atoms. The maximum Gasteiger partial charge on any atom is 0.418 e. The van der Waals surface area contributed by atoms with E-state index in [0.717, 1.165) is 42.6 Å². The monoisotopic (exact) mass is 426 g/mol. The number of hydrogen-bond donors (Lipinski definition) is 2. The average molecular weight is 426 g/mol. The predicted molar refractivity (Wildman–Crippen MR) is 110 cm³/mol. The fourth-order valence-corrected chi connectivity index (χ4v) is 5.67. The number of imide groups is 1. The number of rotatable bonds is 3. The van der Waals surface area contributed by atoms with E-state index in [4.69, 9.17) is 4.74 Å². The molecule has 164 valence electrons. The third-order valence-corrected chi connectivity index (χ3v) is 7.12. The van der Waals surface area contributed by atoms with Crippen molar-refractivity contribution in [3.05, 3.63) is 29.3 Å². The van der Waals surface area contributed by atoms with Gasteiger partial charge in [-0.15, -0.1) is 0 Å². The standard InChI is InChI=1S/C22H26N4O5/c1-23-20(29)24-14-5-8-17-13(11-14)9-10-22(17)19(28)25(21(30)31-22)12-18(27)26-15-3-2-4-16(26)7-6-15/h5,8,11,15-16H,2-4,6-7,9-10,12H2,1H3,(H2,23,24,29)/t15-,16+,22-/m1/s1. The van der Waals surface area contributed by atoms with Gasteiger partial charge in [0.25, 0.3) is 5.91 Å². The Morgan fingerprint density at radius 2 is 1.90 bits per heavy atom. The largest absolute Gasteiger partial charge is 0.427 e. The molecule has 1 spiro atoms. The number of amides is 5. The van der Waals surface area contributed by atoms with Gasteiger partial charge in [-0.25, -0.2) is 14.5 Å². The molecule has 5 amide bonds. The van der Waals surface area contributed by atoms with Crippen LogP contribution < -0.4 is 10.6 Å². The van der Waals surface area contributed by atoms with Gasteiger partial charge in [0, 0.05) is 36.8 Å². The number of benzene rings is 1. The number of fused-ring (bicyclic) bond motifs is 4. The summed E-state index contributed by atoms with van der Waals surface area (Å²) in [7, 11) is 1.53. The van der Waals surface area contributed by atoms with E-state index < -0.39 is 17.6 Å². The molecule has 3 fully saturated rings. The molecular weight excluding hydrogens is 400 g/mol. The van der Waals surface area contributed by atoms with Crippen LogP contribution in [0.5, 0.6) is 0 Å². The van der Waals surface area contributed by atoms with Gasteiger partial charge in [0.05, 0.1) is 0 Å². The van der Waals surface area contributed by atoms with Gasteiger partial charge in [-0.3, -0.25) is 9.59 Å². The molecule has 4 aliphatic rings. The topological polar surface area (TPSA) is 108 Å². The van der Waals surface area contributed by atoms with Gasteiger partial charge in [0.1, 0.15) is 6.54 Å². The Bertz CT molecular complexity index is 963. The molecule has 3 saturated heterocycles.